The number of Topliss-reactive ketones (excluding diaryl/α,β-unsaturated/α-hetero) is 2. The molecule has 0 heterocycles. The van der Waals surface area contributed by atoms with Crippen LogP contribution in [0.3, 0.4) is 0 Å². The number of ketones is 2. The Morgan fingerprint density at radius 1 is 1.18 bits per heavy atom. The second-order valence-electron chi connectivity index (χ2n) is 12.2. The van der Waals surface area contributed by atoms with Crippen molar-refractivity contribution < 1.29 is 39.2 Å². The van der Waals surface area contributed by atoms with E-state index in [4.69, 9.17) is 5.73 Å². The zero-order valence-electron chi connectivity index (χ0n) is 22.9. The van der Waals surface area contributed by atoms with Gasteiger partial charge in [0.2, 0.25) is 5.78 Å². The molecular weight excluding hydrogens is 521 g/mol. The topological polar surface area (TPSA) is 173 Å². The van der Waals surface area contributed by atoms with Gasteiger partial charge in [-0.2, -0.15) is 0 Å². The summed E-state index contributed by atoms with van der Waals surface area (Å²) in [6.07, 6.45) is 5.05. The lowest BCUT2D eigenvalue weighted by atomic mass is 9.57. The third-order valence-corrected chi connectivity index (χ3v) is 9.39. The number of phenols is 1. The number of aliphatic hydroxyl groups excluding tert-OH is 2. The van der Waals surface area contributed by atoms with Gasteiger partial charge in [-0.25, -0.2) is 4.39 Å². The van der Waals surface area contributed by atoms with Crippen molar-refractivity contribution in [3.63, 3.8) is 0 Å². The smallest absolute Gasteiger partial charge is 0.255 e. The number of amides is 1. The number of nitrogens with two attached hydrogens (primary N) is 1. The lowest BCUT2D eigenvalue weighted by Crippen LogP contribution is -2.65. The number of nitrogens with zero attached hydrogens (tertiary/aromatic N) is 1. The van der Waals surface area contributed by atoms with Crippen LogP contribution < -0.4 is 11.1 Å². The fraction of sp³-hybridized carbons (Fsp3) is 0.552. The molecule has 7 N–H and O–H groups in total. The summed E-state index contributed by atoms with van der Waals surface area (Å²) in [4.78, 5) is 40.5. The molecule has 0 bridgehead atoms. The molecule has 5 rings (SSSR count). The Labute approximate surface area is 231 Å². The van der Waals surface area contributed by atoms with Crippen LogP contribution in [0, 0.1) is 17.7 Å². The molecule has 0 aliphatic heterocycles. The molecule has 4 aliphatic rings. The van der Waals surface area contributed by atoms with Crippen LogP contribution in [0.5, 0.6) is 5.75 Å². The molecule has 1 aromatic rings. The molecule has 40 heavy (non-hydrogen) atoms. The number of aliphatic hydroxyl groups is 3. The maximum absolute atomic E-state index is 15.9. The van der Waals surface area contributed by atoms with Gasteiger partial charge in [0.25, 0.3) is 5.91 Å². The van der Waals surface area contributed by atoms with E-state index in [0.29, 0.717) is 0 Å². The number of primary amides is 1. The van der Waals surface area contributed by atoms with E-state index in [1.54, 1.807) is 0 Å². The lowest BCUT2D eigenvalue weighted by molar-refractivity contribution is -0.153. The van der Waals surface area contributed by atoms with E-state index in [2.05, 4.69) is 12.2 Å². The third kappa shape index (κ3) is 4.05. The van der Waals surface area contributed by atoms with Gasteiger partial charge in [0.15, 0.2) is 11.4 Å². The van der Waals surface area contributed by atoms with Crippen LogP contribution in [0.4, 0.5) is 4.39 Å². The number of carbonyl (C=O) groups is 3. The lowest BCUT2D eigenvalue weighted by Gasteiger charge is -2.50. The molecule has 0 radical (unpaired) electrons. The first-order valence-electron chi connectivity index (χ1n) is 13.7. The van der Waals surface area contributed by atoms with E-state index in [1.165, 1.54) is 25.1 Å². The van der Waals surface area contributed by atoms with Crippen LogP contribution in [-0.2, 0) is 27.3 Å². The minimum absolute atomic E-state index is 0.0382. The Balaban J connectivity index is 1.59. The molecule has 4 aliphatic carbocycles. The zero-order chi connectivity index (χ0) is 29.3. The highest BCUT2D eigenvalue weighted by molar-refractivity contribution is 6.24. The summed E-state index contributed by atoms with van der Waals surface area (Å²) in [7, 11) is 3.05. The van der Waals surface area contributed by atoms with E-state index in [-0.39, 0.29) is 47.2 Å². The molecular formula is C29H36FN3O7. The van der Waals surface area contributed by atoms with Gasteiger partial charge < -0.3 is 31.5 Å². The van der Waals surface area contributed by atoms with Gasteiger partial charge in [0.1, 0.15) is 28.7 Å². The number of hydrogen-bond donors (Lipinski definition) is 6. The van der Waals surface area contributed by atoms with Gasteiger partial charge in [-0.1, -0.05) is 19.3 Å². The maximum atomic E-state index is 15.9. The average molecular weight is 558 g/mol. The fourth-order valence-corrected chi connectivity index (χ4v) is 7.29. The molecule has 0 spiro atoms. The SMILES string of the molecule is CN(C)[C@@H]1C(=O)C(C(N)=O)=C(O)[C@@]2(O)C(=O)C3=C(O)c4c(O)cc(CNC5(C)CCCCC5)c(F)c4C[C@H]3C[C@@H]12. The standard InChI is InChI=1S/C29H36FN3O7/c1-28(7-5-4-6-8-28)32-12-14-11-17(34)19-15(21(14)30)9-13-10-16-22(33(2)3)24(36)20(27(31)39)26(38)29(16,40)25(37)18(13)23(19)35/h11,13,16,22,32,34-35,38,40H,4-10,12H2,1-3H3,(H2,31,39)/t13-,16-,22-,29-/m0/s1. The molecule has 216 valence electrons. The summed E-state index contributed by atoms with van der Waals surface area (Å²) >= 11 is 0. The van der Waals surface area contributed by atoms with Crippen molar-refractivity contribution in [1.82, 2.24) is 10.2 Å². The first-order valence-corrected chi connectivity index (χ1v) is 13.7. The van der Waals surface area contributed by atoms with E-state index in [0.717, 1.165) is 32.1 Å². The minimum Gasteiger partial charge on any atom is -0.508 e. The van der Waals surface area contributed by atoms with Crippen molar-refractivity contribution in [2.75, 3.05) is 14.1 Å². The fourth-order valence-electron chi connectivity index (χ4n) is 7.29. The largest absolute Gasteiger partial charge is 0.508 e. The number of fused-ring (bicyclic) bond motifs is 3. The van der Waals surface area contributed by atoms with E-state index >= 15 is 4.39 Å². The Morgan fingerprint density at radius 2 is 1.82 bits per heavy atom. The monoisotopic (exact) mass is 557 g/mol. The maximum Gasteiger partial charge on any atom is 0.255 e. The van der Waals surface area contributed by atoms with Gasteiger partial charge in [-0.05, 0) is 58.7 Å². The Bertz CT molecular complexity index is 1380. The second kappa shape index (κ2) is 9.67. The molecule has 4 atom stereocenters. The van der Waals surface area contributed by atoms with Crippen molar-refractivity contribution in [2.45, 2.75) is 75.6 Å². The number of phenolic OH excluding ortho intramolecular Hbond substituents is 1. The van der Waals surface area contributed by atoms with Crippen molar-refractivity contribution in [2.24, 2.45) is 17.6 Å². The highest BCUT2D eigenvalue weighted by Crippen LogP contribution is 2.53. The third-order valence-electron chi connectivity index (χ3n) is 9.39. The van der Waals surface area contributed by atoms with Crippen LogP contribution in [0.15, 0.2) is 23.0 Å². The van der Waals surface area contributed by atoms with Crippen LogP contribution >= 0.6 is 0 Å². The molecule has 2 fully saturated rings. The Kier molecular flexibility index (Phi) is 6.83. The molecule has 2 saturated carbocycles. The van der Waals surface area contributed by atoms with E-state index < -0.39 is 69.6 Å². The van der Waals surface area contributed by atoms with Crippen LogP contribution in [0.25, 0.3) is 5.76 Å². The highest BCUT2D eigenvalue weighted by Gasteiger charge is 2.64. The first-order chi connectivity index (χ1) is 18.7. The molecule has 10 nitrogen and oxygen atoms in total. The number of likely N-dealkylation sites (N-methyl/N-ethyl adjacent to an activating group) is 1. The number of hydrogen-bond acceptors (Lipinski definition) is 9. The number of carbonyl (C=O) groups excluding carboxylic acids is 3. The molecule has 0 aromatic heterocycles. The predicted molar refractivity (Wildman–Crippen MR) is 143 cm³/mol. The highest BCUT2D eigenvalue weighted by atomic mass is 19.1. The van der Waals surface area contributed by atoms with Gasteiger partial charge >= 0.3 is 0 Å². The molecule has 0 unspecified atom stereocenters. The molecule has 1 aromatic carbocycles. The average Bonchev–Trinajstić information content (AvgIpc) is 2.87. The number of benzene rings is 1. The first kappa shape index (κ1) is 28.3. The number of aromatic hydroxyl groups is 1. The van der Waals surface area contributed by atoms with E-state index in [1.807, 2.05) is 0 Å². The molecule has 11 heteroatoms. The van der Waals surface area contributed by atoms with Crippen molar-refractivity contribution in [3.05, 3.63) is 45.5 Å². The van der Waals surface area contributed by atoms with Gasteiger partial charge in [0, 0.05) is 34.7 Å². The Hall–Kier alpha value is -3.28. The summed E-state index contributed by atoms with van der Waals surface area (Å²) in [5.74, 6) is -8.18. The zero-order valence-corrected chi connectivity index (χ0v) is 22.9. The van der Waals surface area contributed by atoms with Gasteiger partial charge in [-0.3, -0.25) is 19.3 Å². The summed E-state index contributed by atoms with van der Waals surface area (Å²) < 4.78 is 15.9. The van der Waals surface area contributed by atoms with Crippen molar-refractivity contribution in [3.8, 4) is 5.75 Å². The minimum atomic E-state index is -2.72. The number of halogens is 1. The summed E-state index contributed by atoms with van der Waals surface area (Å²) in [5, 5.41) is 48.1. The molecule has 0 saturated heterocycles. The van der Waals surface area contributed by atoms with Crippen LogP contribution in [0.1, 0.15) is 62.1 Å². The van der Waals surface area contributed by atoms with Crippen molar-refractivity contribution >= 4 is 23.2 Å². The number of nitrogens with one attached hydrogen (secondary N) is 1. The van der Waals surface area contributed by atoms with Crippen LogP contribution in [0.2, 0.25) is 0 Å². The predicted octanol–water partition coefficient (Wildman–Crippen LogP) is 1.92. The molecule has 1 amide bonds. The normalized spacial score (nSPS) is 29.8. The van der Waals surface area contributed by atoms with Crippen molar-refractivity contribution in [1.29, 1.82) is 0 Å². The summed E-state index contributed by atoms with van der Waals surface area (Å²) in [6, 6.07) is 0.0293. The van der Waals surface area contributed by atoms with E-state index in [9.17, 15) is 34.8 Å². The Morgan fingerprint density at radius 3 is 2.42 bits per heavy atom. The summed E-state index contributed by atoms with van der Waals surface area (Å²) in [6.45, 7) is 2.26. The quantitative estimate of drug-likeness (QED) is 0.296. The second-order valence-corrected chi connectivity index (χ2v) is 12.2. The van der Waals surface area contributed by atoms with Crippen LogP contribution in [-0.4, -0.2) is 74.1 Å². The number of rotatable bonds is 5. The van der Waals surface area contributed by atoms with Gasteiger partial charge in [0.05, 0.1) is 11.6 Å². The summed E-state index contributed by atoms with van der Waals surface area (Å²) in [5.41, 5.74) is 1.29. The van der Waals surface area contributed by atoms with Gasteiger partial charge in [-0.15, -0.1) is 0 Å².